The van der Waals surface area contributed by atoms with Gasteiger partial charge in [0.2, 0.25) is 0 Å². The van der Waals surface area contributed by atoms with E-state index in [0.717, 1.165) is 11.0 Å². The maximum Gasteiger partial charge on any atom is 0.339 e. The van der Waals surface area contributed by atoms with E-state index in [0.29, 0.717) is 0 Å². The molecule has 13 heteroatoms. The third-order valence-corrected chi connectivity index (χ3v) is 6.56. The van der Waals surface area contributed by atoms with Crippen LogP contribution in [0.1, 0.15) is 20.7 Å². The summed E-state index contributed by atoms with van der Waals surface area (Å²) in [5.74, 6) is -3.41. The Labute approximate surface area is 235 Å². The Hall–Kier alpha value is -3.76. The number of carboxylic acids is 1. The lowest BCUT2D eigenvalue weighted by atomic mass is 10.1. The minimum absolute atomic E-state index is 0.00275. The van der Waals surface area contributed by atoms with Gasteiger partial charge in [0.05, 0.1) is 28.5 Å². The highest BCUT2D eigenvalue weighted by molar-refractivity contribution is 6.54. The second-order valence-corrected chi connectivity index (χ2v) is 9.36. The molecule has 3 aromatic rings. The quantitative estimate of drug-likeness (QED) is 0.285. The topological polar surface area (TPSA) is 125 Å². The second kappa shape index (κ2) is 10.9. The van der Waals surface area contributed by atoms with Gasteiger partial charge in [0.1, 0.15) is 22.0 Å². The van der Waals surface area contributed by atoms with Crippen LogP contribution in [0.4, 0.5) is 17.1 Å². The fraction of sp³-hybridized carbons (Fsp3) is 0.0400. The van der Waals surface area contributed by atoms with Crippen LogP contribution >= 0.6 is 46.4 Å². The van der Waals surface area contributed by atoms with Crippen molar-refractivity contribution in [2.24, 2.45) is 0 Å². The average Bonchev–Trinajstić information content (AvgIpc) is 3.09. The summed E-state index contributed by atoms with van der Waals surface area (Å²) in [6.45, 7) is 0. The number of amides is 3. The summed E-state index contributed by atoms with van der Waals surface area (Å²) in [6, 6.07) is 12.8. The molecule has 0 saturated heterocycles. The van der Waals surface area contributed by atoms with E-state index in [1.807, 2.05) is 0 Å². The van der Waals surface area contributed by atoms with Crippen molar-refractivity contribution in [3.63, 3.8) is 0 Å². The number of aromatic carboxylic acids is 1. The number of methoxy groups -OCH3 is 1. The molecule has 4 rings (SSSR count). The maximum atomic E-state index is 13.1. The average molecular weight is 595 g/mol. The predicted molar refractivity (Wildman–Crippen MR) is 145 cm³/mol. The van der Waals surface area contributed by atoms with Gasteiger partial charge in [-0.3, -0.25) is 14.4 Å². The third-order valence-electron chi connectivity index (χ3n) is 5.34. The molecule has 3 N–H and O–H groups in total. The zero-order valence-electron chi connectivity index (χ0n) is 19.1. The molecule has 0 saturated carbocycles. The number of carboxylic acid groups (broad SMARTS) is 1. The van der Waals surface area contributed by atoms with Gasteiger partial charge >= 0.3 is 5.97 Å². The molecule has 3 aromatic carbocycles. The molecule has 1 aliphatic heterocycles. The van der Waals surface area contributed by atoms with E-state index >= 15 is 0 Å². The van der Waals surface area contributed by atoms with Gasteiger partial charge in [0.15, 0.2) is 0 Å². The first-order chi connectivity index (χ1) is 18.0. The molecule has 0 fully saturated rings. The number of carbonyl (C=O) groups excluding carboxylic acids is 3. The molecule has 9 nitrogen and oxygen atoms in total. The number of imide groups is 1. The van der Waals surface area contributed by atoms with Crippen LogP contribution in [0.2, 0.25) is 15.1 Å². The first-order valence-corrected chi connectivity index (χ1v) is 12.1. The van der Waals surface area contributed by atoms with Crippen LogP contribution < -0.4 is 20.3 Å². The summed E-state index contributed by atoms with van der Waals surface area (Å²) in [7, 11) is 1.28. The number of halogens is 4. The van der Waals surface area contributed by atoms with Crippen LogP contribution in [-0.2, 0) is 9.59 Å². The number of anilines is 3. The number of carbonyl (C=O) groups is 4. The zero-order chi connectivity index (χ0) is 27.7. The normalized spacial score (nSPS) is 13.1. The molecule has 0 atom stereocenters. The second-order valence-electron chi connectivity index (χ2n) is 7.73. The Balaban J connectivity index is 1.57. The number of rotatable bonds is 7. The largest absolute Gasteiger partial charge is 0.496 e. The highest BCUT2D eigenvalue weighted by atomic mass is 35.5. The summed E-state index contributed by atoms with van der Waals surface area (Å²) in [6.07, 6.45) is 0. The Morgan fingerprint density at radius 1 is 0.921 bits per heavy atom. The molecule has 0 spiro atoms. The fourth-order valence-electron chi connectivity index (χ4n) is 3.55. The number of benzene rings is 3. The van der Waals surface area contributed by atoms with Crippen molar-refractivity contribution in [2.75, 3.05) is 22.6 Å². The molecule has 1 heterocycles. The van der Waals surface area contributed by atoms with Gasteiger partial charge in [-0.05, 0) is 42.5 Å². The Morgan fingerprint density at radius 2 is 1.66 bits per heavy atom. The zero-order valence-corrected chi connectivity index (χ0v) is 22.2. The first kappa shape index (κ1) is 27.3. The Kier molecular flexibility index (Phi) is 7.84. The third kappa shape index (κ3) is 5.27. The molecule has 0 radical (unpaired) electrons. The molecule has 0 aromatic heterocycles. The minimum Gasteiger partial charge on any atom is -0.496 e. The molecule has 0 aliphatic carbocycles. The molecule has 38 heavy (non-hydrogen) atoms. The number of hydrogen-bond acceptors (Lipinski definition) is 6. The monoisotopic (exact) mass is 593 g/mol. The smallest absolute Gasteiger partial charge is 0.339 e. The van der Waals surface area contributed by atoms with Crippen LogP contribution in [0.25, 0.3) is 0 Å². The molecule has 1 aliphatic rings. The van der Waals surface area contributed by atoms with Gasteiger partial charge in [-0.25, -0.2) is 9.69 Å². The number of nitrogens with one attached hydrogen (secondary N) is 2. The molecular weight excluding hydrogens is 580 g/mol. The highest BCUT2D eigenvalue weighted by Gasteiger charge is 2.40. The van der Waals surface area contributed by atoms with Gasteiger partial charge in [-0.2, -0.15) is 0 Å². The van der Waals surface area contributed by atoms with Gasteiger partial charge in [-0.1, -0.05) is 52.5 Å². The van der Waals surface area contributed by atoms with Crippen LogP contribution in [-0.4, -0.2) is 35.9 Å². The molecule has 3 amide bonds. The van der Waals surface area contributed by atoms with Crippen molar-refractivity contribution >= 4 is 87.2 Å². The first-order valence-electron chi connectivity index (χ1n) is 10.5. The standard InChI is InChI=1S/C25H15Cl4N3O6/c1-38-19-10-17(16(28)9-14(19)25(36)37)31-22(33)11-3-2-4-13(7-11)30-21-20(29)23(34)32(24(21)35)18-8-12(26)5-6-15(18)27/h2-10,30H,1H3,(H,31,33)(H,36,37). The Morgan fingerprint density at radius 3 is 2.34 bits per heavy atom. The molecule has 0 unspecified atom stereocenters. The van der Waals surface area contributed by atoms with Gasteiger partial charge < -0.3 is 20.5 Å². The number of nitrogens with zero attached hydrogens (tertiary/aromatic N) is 1. The van der Waals surface area contributed by atoms with Crippen molar-refractivity contribution < 1.29 is 29.0 Å². The molecular formula is C25H15Cl4N3O6. The lowest BCUT2D eigenvalue weighted by Gasteiger charge is -2.17. The minimum atomic E-state index is -1.25. The van der Waals surface area contributed by atoms with Crippen LogP contribution in [0.5, 0.6) is 5.75 Å². The van der Waals surface area contributed by atoms with Gasteiger partial charge in [-0.15, -0.1) is 0 Å². The van der Waals surface area contributed by atoms with E-state index in [9.17, 15) is 24.3 Å². The van der Waals surface area contributed by atoms with E-state index in [1.54, 1.807) is 6.07 Å². The predicted octanol–water partition coefficient (Wildman–Crippen LogP) is 6.04. The van der Waals surface area contributed by atoms with Crippen molar-refractivity contribution in [1.82, 2.24) is 0 Å². The van der Waals surface area contributed by atoms with E-state index < -0.39 is 23.7 Å². The lowest BCUT2D eigenvalue weighted by molar-refractivity contribution is -0.120. The lowest BCUT2D eigenvalue weighted by Crippen LogP contribution is -2.32. The number of ether oxygens (including phenoxy) is 1. The maximum absolute atomic E-state index is 13.1. The van der Waals surface area contributed by atoms with Crippen LogP contribution in [0, 0.1) is 0 Å². The van der Waals surface area contributed by atoms with Crippen molar-refractivity contribution in [3.8, 4) is 5.75 Å². The Bertz CT molecular complexity index is 1560. The SMILES string of the molecule is COc1cc(NC(=O)c2cccc(NC3=C(Cl)C(=O)N(c4cc(Cl)ccc4Cl)C3=O)c2)c(Cl)cc1C(=O)O. The van der Waals surface area contributed by atoms with Crippen LogP contribution in [0.15, 0.2) is 65.3 Å². The summed E-state index contributed by atoms with van der Waals surface area (Å²) >= 11 is 24.5. The summed E-state index contributed by atoms with van der Waals surface area (Å²) in [4.78, 5) is 50.9. The van der Waals surface area contributed by atoms with E-state index in [1.165, 1.54) is 49.6 Å². The van der Waals surface area contributed by atoms with E-state index in [-0.39, 0.29) is 59.7 Å². The molecule has 0 bridgehead atoms. The summed E-state index contributed by atoms with van der Waals surface area (Å²) < 4.78 is 5.07. The summed E-state index contributed by atoms with van der Waals surface area (Å²) in [5, 5.41) is 14.6. The van der Waals surface area contributed by atoms with Crippen molar-refractivity contribution in [2.45, 2.75) is 0 Å². The van der Waals surface area contributed by atoms with Crippen molar-refractivity contribution in [3.05, 3.63) is 91.5 Å². The number of hydrogen-bond donors (Lipinski definition) is 3. The summed E-state index contributed by atoms with van der Waals surface area (Å²) in [5.41, 5.74) is 0.219. The van der Waals surface area contributed by atoms with E-state index in [4.69, 9.17) is 51.1 Å². The fourth-order valence-corrected chi connectivity index (χ4v) is 4.34. The van der Waals surface area contributed by atoms with Crippen molar-refractivity contribution in [1.29, 1.82) is 0 Å². The molecule has 194 valence electrons. The van der Waals surface area contributed by atoms with Crippen LogP contribution in [0.3, 0.4) is 0 Å². The van der Waals surface area contributed by atoms with Gasteiger partial charge in [0, 0.05) is 22.3 Å². The van der Waals surface area contributed by atoms with E-state index in [2.05, 4.69) is 10.6 Å². The van der Waals surface area contributed by atoms with Gasteiger partial charge in [0.25, 0.3) is 17.7 Å². The highest BCUT2D eigenvalue weighted by Crippen LogP contribution is 2.36.